The molecular formula is C20H25BN4O4. The van der Waals surface area contributed by atoms with Gasteiger partial charge in [0.25, 0.3) is 5.91 Å². The molecule has 0 bridgehead atoms. The Balaban J connectivity index is 1.84. The van der Waals surface area contributed by atoms with Gasteiger partial charge in [-0.25, -0.2) is 4.98 Å². The van der Waals surface area contributed by atoms with Gasteiger partial charge in [-0.3, -0.25) is 14.6 Å². The highest BCUT2D eigenvalue weighted by Crippen LogP contribution is 2.51. The van der Waals surface area contributed by atoms with Crippen LogP contribution < -0.4 is 10.6 Å². The van der Waals surface area contributed by atoms with E-state index in [0.29, 0.717) is 12.8 Å². The second kappa shape index (κ2) is 8.71. The summed E-state index contributed by atoms with van der Waals surface area (Å²) >= 11 is 0. The van der Waals surface area contributed by atoms with Gasteiger partial charge >= 0.3 is 7.12 Å². The highest BCUT2D eigenvalue weighted by atomic mass is 16.4. The molecule has 1 aromatic carbocycles. The summed E-state index contributed by atoms with van der Waals surface area (Å²) in [5, 5.41) is 24.9. The van der Waals surface area contributed by atoms with Crippen molar-refractivity contribution < 1.29 is 19.6 Å². The van der Waals surface area contributed by atoms with Gasteiger partial charge in [0.15, 0.2) is 0 Å². The van der Waals surface area contributed by atoms with Gasteiger partial charge < -0.3 is 20.7 Å². The first-order chi connectivity index (χ1) is 13.8. The van der Waals surface area contributed by atoms with Crippen molar-refractivity contribution in [3.63, 3.8) is 0 Å². The van der Waals surface area contributed by atoms with Crippen LogP contribution in [0.15, 0.2) is 48.9 Å². The minimum Gasteiger partial charge on any atom is -0.426 e. The first kappa shape index (κ1) is 20.9. The zero-order valence-corrected chi connectivity index (χ0v) is 16.4. The Bertz CT molecular complexity index is 850. The van der Waals surface area contributed by atoms with Crippen molar-refractivity contribution in [2.75, 3.05) is 0 Å². The van der Waals surface area contributed by atoms with Gasteiger partial charge in [-0.05, 0) is 24.3 Å². The Morgan fingerprint density at radius 2 is 1.97 bits per heavy atom. The van der Waals surface area contributed by atoms with Crippen molar-refractivity contribution in [3.05, 3.63) is 60.2 Å². The van der Waals surface area contributed by atoms with Gasteiger partial charge in [-0.15, -0.1) is 0 Å². The lowest BCUT2D eigenvalue weighted by Crippen LogP contribution is -2.56. The van der Waals surface area contributed by atoms with Crippen molar-refractivity contribution in [2.24, 2.45) is 5.92 Å². The third-order valence-corrected chi connectivity index (χ3v) is 5.10. The molecule has 1 heterocycles. The summed E-state index contributed by atoms with van der Waals surface area (Å²) in [6, 6.07) is 9.44. The number of carbonyl (C=O) groups excluding carboxylic acids is 2. The van der Waals surface area contributed by atoms with Gasteiger partial charge in [0.2, 0.25) is 5.91 Å². The molecule has 3 rings (SSSR count). The zero-order chi connectivity index (χ0) is 21.0. The van der Waals surface area contributed by atoms with Crippen LogP contribution in [0.25, 0.3) is 0 Å². The normalized spacial score (nSPS) is 21.3. The fourth-order valence-corrected chi connectivity index (χ4v) is 3.54. The predicted octanol–water partition coefficient (Wildman–Crippen LogP) is 0.676. The minimum atomic E-state index is -1.69. The zero-order valence-electron chi connectivity index (χ0n) is 16.4. The van der Waals surface area contributed by atoms with Gasteiger partial charge in [-0.2, -0.15) is 0 Å². The summed E-state index contributed by atoms with van der Waals surface area (Å²) in [6.45, 7) is 3.86. The Morgan fingerprint density at radius 3 is 2.55 bits per heavy atom. The van der Waals surface area contributed by atoms with Crippen molar-refractivity contribution in [2.45, 2.75) is 44.1 Å². The Labute approximate surface area is 169 Å². The average Bonchev–Trinajstić information content (AvgIpc) is 3.43. The number of nitrogens with zero attached hydrogens (tertiary/aromatic N) is 2. The topological polar surface area (TPSA) is 124 Å². The molecule has 0 spiro atoms. The highest BCUT2D eigenvalue weighted by molar-refractivity contribution is 6.43. The molecule has 0 aliphatic heterocycles. The van der Waals surface area contributed by atoms with E-state index < -0.39 is 30.4 Å². The first-order valence-corrected chi connectivity index (χ1v) is 9.64. The molecule has 3 atom stereocenters. The Morgan fingerprint density at radius 1 is 1.24 bits per heavy atom. The van der Waals surface area contributed by atoms with E-state index in [-0.39, 0.29) is 17.5 Å². The molecule has 1 saturated carbocycles. The molecule has 1 aromatic heterocycles. The lowest BCUT2D eigenvalue weighted by atomic mass is 9.75. The highest BCUT2D eigenvalue weighted by Gasteiger charge is 2.62. The van der Waals surface area contributed by atoms with Crippen molar-refractivity contribution in [1.29, 1.82) is 0 Å². The lowest BCUT2D eigenvalue weighted by molar-refractivity contribution is -0.124. The summed E-state index contributed by atoms with van der Waals surface area (Å²) < 4.78 is 0. The number of hydrogen-bond donors (Lipinski definition) is 4. The van der Waals surface area contributed by atoms with Crippen molar-refractivity contribution in [3.8, 4) is 0 Å². The van der Waals surface area contributed by atoms with Crippen LogP contribution in [0.4, 0.5) is 0 Å². The molecule has 0 radical (unpaired) electrons. The number of nitrogens with one attached hydrogen (secondary N) is 2. The van der Waals surface area contributed by atoms with E-state index in [2.05, 4.69) is 20.6 Å². The maximum atomic E-state index is 13.2. The molecular weight excluding hydrogens is 371 g/mol. The number of aromatic nitrogens is 2. The van der Waals surface area contributed by atoms with Crippen LogP contribution in [-0.4, -0.2) is 50.4 Å². The maximum Gasteiger partial charge on any atom is 0.475 e. The number of benzene rings is 1. The molecule has 0 saturated heterocycles. The molecule has 2 unspecified atom stereocenters. The quantitative estimate of drug-likeness (QED) is 0.487. The number of amides is 2. The molecule has 29 heavy (non-hydrogen) atoms. The van der Waals surface area contributed by atoms with Gasteiger partial charge in [0.05, 0.1) is 12.1 Å². The molecule has 2 amide bonds. The molecule has 8 nitrogen and oxygen atoms in total. The molecule has 1 fully saturated rings. The number of rotatable bonds is 8. The summed E-state index contributed by atoms with van der Waals surface area (Å²) in [4.78, 5) is 33.8. The number of hydrogen-bond acceptors (Lipinski definition) is 6. The first-order valence-electron chi connectivity index (χ1n) is 9.64. The molecule has 1 aliphatic carbocycles. The van der Waals surface area contributed by atoms with E-state index >= 15 is 0 Å². The van der Waals surface area contributed by atoms with E-state index in [1.54, 1.807) is 0 Å². The standard InChI is InChI=1S/C20H25BN4O4/c1-13(2)10-17(21(28)29)24-19(27)20(11-15(20)14-6-4-3-5-7-14)25-18(26)16-12-22-8-9-23-16/h3-9,12-13,15,17,28-29H,10-11H2,1-2H3,(H,24,27)(H,25,26)/t15-,17?,20?/m0/s1. The van der Waals surface area contributed by atoms with Crippen molar-refractivity contribution in [1.82, 2.24) is 20.6 Å². The van der Waals surface area contributed by atoms with Gasteiger partial charge in [0.1, 0.15) is 11.2 Å². The van der Waals surface area contributed by atoms with Gasteiger partial charge in [0, 0.05) is 18.3 Å². The van der Waals surface area contributed by atoms with E-state index in [9.17, 15) is 19.6 Å². The summed E-state index contributed by atoms with van der Waals surface area (Å²) in [7, 11) is -1.69. The summed E-state index contributed by atoms with van der Waals surface area (Å²) in [5.41, 5.74) is -0.147. The van der Waals surface area contributed by atoms with Crippen LogP contribution in [0.2, 0.25) is 0 Å². The van der Waals surface area contributed by atoms with E-state index in [1.807, 2.05) is 44.2 Å². The molecule has 152 valence electrons. The molecule has 1 aliphatic rings. The summed E-state index contributed by atoms with van der Waals surface area (Å²) in [6.07, 6.45) is 5.00. The minimum absolute atomic E-state index is 0.110. The van der Waals surface area contributed by atoms with Crippen LogP contribution in [0.3, 0.4) is 0 Å². The van der Waals surface area contributed by atoms with Crippen LogP contribution in [0.5, 0.6) is 0 Å². The second-order valence-corrected chi connectivity index (χ2v) is 7.81. The molecule has 9 heteroatoms. The summed E-state index contributed by atoms with van der Waals surface area (Å²) in [5.74, 6) is -1.85. The fourth-order valence-electron chi connectivity index (χ4n) is 3.54. The smallest absolute Gasteiger partial charge is 0.426 e. The van der Waals surface area contributed by atoms with Gasteiger partial charge in [-0.1, -0.05) is 44.2 Å². The lowest BCUT2D eigenvalue weighted by Gasteiger charge is -2.25. The van der Waals surface area contributed by atoms with E-state index in [4.69, 9.17) is 0 Å². The van der Waals surface area contributed by atoms with E-state index in [0.717, 1.165) is 5.56 Å². The average molecular weight is 396 g/mol. The molecule has 2 aromatic rings. The monoisotopic (exact) mass is 396 g/mol. The predicted molar refractivity (Wildman–Crippen MR) is 108 cm³/mol. The van der Waals surface area contributed by atoms with Crippen molar-refractivity contribution >= 4 is 18.9 Å². The van der Waals surface area contributed by atoms with Crippen LogP contribution in [0.1, 0.15) is 48.7 Å². The third-order valence-electron chi connectivity index (χ3n) is 5.10. The second-order valence-electron chi connectivity index (χ2n) is 7.81. The Kier molecular flexibility index (Phi) is 6.29. The van der Waals surface area contributed by atoms with Crippen LogP contribution in [-0.2, 0) is 4.79 Å². The fraction of sp³-hybridized carbons (Fsp3) is 0.400. The van der Waals surface area contributed by atoms with Crippen LogP contribution in [0, 0.1) is 5.92 Å². The third kappa shape index (κ3) is 4.80. The molecule has 4 N–H and O–H groups in total. The Hall–Kier alpha value is -2.78. The van der Waals surface area contributed by atoms with Crippen LogP contribution >= 0.6 is 0 Å². The SMILES string of the molecule is CC(C)CC(NC(=O)C1(NC(=O)c2cnccn2)C[C@H]1c1ccccc1)B(O)O. The van der Waals surface area contributed by atoms with E-state index in [1.165, 1.54) is 18.6 Å². The largest absolute Gasteiger partial charge is 0.475 e. The number of carbonyl (C=O) groups is 2. The maximum absolute atomic E-state index is 13.2.